The van der Waals surface area contributed by atoms with Crippen molar-refractivity contribution in [1.29, 1.82) is 0 Å². The smallest absolute Gasteiger partial charge is 0.293 e. The van der Waals surface area contributed by atoms with Gasteiger partial charge < -0.3 is 10.3 Å². The van der Waals surface area contributed by atoms with E-state index >= 15 is 0 Å². The maximum atomic E-state index is 12.5. The summed E-state index contributed by atoms with van der Waals surface area (Å²) in [6.45, 7) is 1.83. The number of benzene rings is 2. The fourth-order valence-electron chi connectivity index (χ4n) is 3.58. The van der Waals surface area contributed by atoms with Crippen molar-refractivity contribution in [1.82, 2.24) is 20.8 Å². The van der Waals surface area contributed by atoms with E-state index in [2.05, 4.69) is 26.1 Å². The van der Waals surface area contributed by atoms with Gasteiger partial charge in [0.25, 0.3) is 11.6 Å². The Morgan fingerprint density at radius 3 is 2.65 bits per heavy atom. The highest BCUT2D eigenvalue weighted by molar-refractivity contribution is 5.97. The van der Waals surface area contributed by atoms with Crippen LogP contribution < -0.4 is 16.2 Å². The Morgan fingerprint density at radius 1 is 1.09 bits per heavy atom. The van der Waals surface area contributed by atoms with Crippen molar-refractivity contribution in [2.45, 2.75) is 19.4 Å². The van der Waals surface area contributed by atoms with Gasteiger partial charge in [0.05, 0.1) is 23.1 Å². The van der Waals surface area contributed by atoms with Crippen molar-refractivity contribution in [3.05, 3.63) is 100.0 Å². The molecule has 0 spiro atoms. The number of nitro groups is 1. The number of aromatic nitrogens is 2. The fourth-order valence-corrected chi connectivity index (χ4v) is 3.58. The van der Waals surface area contributed by atoms with Crippen LogP contribution in [0.2, 0.25) is 0 Å². The van der Waals surface area contributed by atoms with E-state index in [1.54, 1.807) is 18.5 Å². The van der Waals surface area contributed by atoms with E-state index in [9.17, 15) is 19.7 Å². The molecular weight excluding hydrogens is 436 g/mol. The molecule has 1 unspecified atom stereocenters. The summed E-state index contributed by atoms with van der Waals surface area (Å²) in [6, 6.07) is 16.8. The SMILES string of the molecule is CC(Nc1ccc(C(=O)NNC(=O)Cc2c[nH]c3ccccc23)cc1[N+](=O)[O-])c1ccccn1. The van der Waals surface area contributed by atoms with Crippen LogP contribution in [0.5, 0.6) is 0 Å². The molecule has 2 aromatic heterocycles. The summed E-state index contributed by atoms with van der Waals surface area (Å²) in [7, 11) is 0. The topological polar surface area (TPSA) is 142 Å². The highest BCUT2D eigenvalue weighted by Gasteiger charge is 2.20. The third-order valence-electron chi connectivity index (χ3n) is 5.30. The number of nitrogens with zero attached hydrogens (tertiary/aromatic N) is 2. The molecule has 2 aromatic carbocycles. The van der Waals surface area contributed by atoms with E-state index in [0.717, 1.165) is 28.2 Å². The van der Waals surface area contributed by atoms with Gasteiger partial charge in [0.1, 0.15) is 5.69 Å². The Bertz CT molecular complexity index is 1350. The summed E-state index contributed by atoms with van der Waals surface area (Å²) in [5.41, 5.74) is 7.11. The first-order chi connectivity index (χ1) is 16.4. The maximum Gasteiger partial charge on any atom is 0.293 e. The summed E-state index contributed by atoms with van der Waals surface area (Å²) in [4.78, 5) is 43.2. The normalized spacial score (nSPS) is 11.6. The zero-order valence-electron chi connectivity index (χ0n) is 18.2. The first kappa shape index (κ1) is 22.5. The minimum atomic E-state index is -0.667. The monoisotopic (exact) mass is 458 g/mol. The number of amides is 2. The van der Waals surface area contributed by atoms with E-state index in [1.807, 2.05) is 43.3 Å². The summed E-state index contributed by atoms with van der Waals surface area (Å²) >= 11 is 0. The van der Waals surface area contributed by atoms with Crippen LogP contribution in [-0.4, -0.2) is 26.7 Å². The molecule has 2 heterocycles. The Morgan fingerprint density at radius 2 is 1.88 bits per heavy atom. The van der Waals surface area contributed by atoms with E-state index < -0.39 is 16.7 Å². The number of pyridine rings is 1. The molecule has 4 rings (SSSR count). The van der Waals surface area contributed by atoms with Gasteiger partial charge in [-0.2, -0.15) is 0 Å². The second kappa shape index (κ2) is 9.82. The van der Waals surface area contributed by atoms with Crippen LogP contribution in [0.15, 0.2) is 73.1 Å². The number of carbonyl (C=O) groups excluding carboxylic acids is 2. The molecule has 0 radical (unpaired) electrons. The molecule has 4 aromatic rings. The predicted octanol–water partition coefficient (Wildman–Crippen LogP) is 3.65. The lowest BCUT2D eigenvalue weighted by Crippen LogP contribution is -2.42. The number of fused-ring (bicyclic) bond motifs is 1. The molecule has 4 N–H and O–H groups in total. The molecule has 0 bridgehead atoms. The third-order valence-corrected chi connectivity index (χ3v) is 5.30. The first-order valence-corrected chi connectivity index (χ1v) is 10.5. The van der Waals surface area contributed by atoms with Gasteiger partial charge in [-0.25, -0.2) is 0 Å². The number of rotatable bonds is 7. The Labute approximate surface area is 194 Å². The van der Waals surface area contributed by atoms with Crippen molar-refractivity contribution < 1.29 is 14.5 Å². The van der Waals surface area contributed by atoms with Gasteiger partial charge >= 0.3 is 0 Å². The molecule has 10 nitrogen and oxygen atoms in total. The lowest BCUT2D eigenvalue weighted by Gasteiger charge is -2.15. The van der Waals surface area contributed by atoms with Crippen LogP contribution in [0.4, 0.5) is 11.4 Å². The average Bonchev–Trinajstić information content (AvgIpc) is 3.25. The van der Waals surface area contributed by atoms with Crippen molar-refractivity contribution in [2.24, 2.45) is 0 Å². The number of aromatic amines is 1. The summed E-state index contributed by atoms with van der Waals surface area (Å²) < 4.78 is 0. The first-order valence-electron chi connectivity index (χ1n) is 10.5. The van der Waals surface area contributed by atoms with Crippen LogP contribution in [0.1, 0.15) is 34.6 Å². The Balaban J connectivity index is 1.41. The molecule has 0 saturated carbocycles. The lowest BCUT2D eigenvalue weighted by atomic mass is 10.1. The number of hydrogen-bond donors (Lipinski definition) is 4. The molecular formula is C24H22N6O4. The van der Waals surface area contributed by atoms with Crippen LogP contribution in [-0.2, 0) is 11.2 Å². The molecule has 10 heteroatoms. The van der Waals surface area contributed by atoms with Crippen LogP contribution in [0.25, 0.3) is 10.9 Å². The molecule has 0 aliphatic carbocycles. The van der Waals surface area contributed by atoms with Gasteiger partial charge in [-0.1, -0.05) is 24.3 Å². The number of nitro benzene ring substituents is 1. The zero-order chi connectivity index (χ0) is 24.1. The quantitative estimate of drug-likeness (QED) is 0.246. The number of carbonyl (C=O) groups is 2. The van der Waals surface area contributed by atoms with Gasteiger partial charge in [-0.3, -0.25) is 35.5 Å². The van der Waals surface area contributed by atoms with Crippen molar-refractivity contribution in [3.63, 3.8) is 0 Å². The molecule has 172 valence electrons. The minimum Gasteiger partial charge on any atom is -0.371 e. The second-order valence-corrected chi connectivity index (χ2v) is 7.65. The Hall–Kier alpha value is -4.73. The number of hydrazine groups is 1. The summed E-state index contributed by atoms with van der Waals surface area (Å²) in [5.74, 6) is -1.09. The minimum absolute atomic E-state index is 0.0372. The van der Waals surface area contributed by atoms with Gasteiger partial charge in [-0.15, -0.1) is 0 Å². The average molecular weight is 458 g/mol. The largest absolute Gasteiger partial charge is 0.371 e. The van der Waals surface area contributed by atoms with Gasteiger partial charge in [-0.05, 0) is 42.8 Å². The molecule has 1 atom stereocenters. The molecule has 0 aliphatic heterocycles. The van der Waals surface area contributed by atoms with E-state index in [4.69, 9.17) is 0 Å². The van der Waals surface area contributed by atoms with Gasteiger partial charge in [0.2, 0.25) is 5.91 Å². The molecule has 0 aliphatic rings. The van der Waals surface area contributed by atoms with E-state index in [-0.39, 0.29) is 29.4 Å². The number of anilines is 1. The number of H-pyrrole nitrogens is 1. The predicted molar refractivity (Wildman–Crippen MR) is 127 cm³/mol. The van der Waals surface area contributed by atoms with Crippen molar-refractivity contribution in [2.75, 3.05) is 5.32 Å². The zero-order valence-corrected chi connectivity index (χ0v) is 18.2. The standard InChI is InChI=1S/C24H22N6O4/c1-15(19-7-4-5-11-25-19)27-21-10-9-16(12-22(21)30(33)34)24(32)29-28-23(31)13-17-14-26-20-8-3-2-6-18(17)20/h2-12,14-15,26-27H,13H2,1H3,(H,28,31)(H,29,32). The van der Waals surface area contributed by atoms with Crippen LogP contribution in [0.3, 0.4) is 0 Å². The third kappa shape index (κ3) is 5.01. The fraction of sp³-hybridized carbons (Fsp3) is 0.125. The highest BCUT2D eigenvalue weighted by Crippen LogP contribution is 2.29. The maximum absolute atomic E-state index is 12.5. The highest BCUT2D eigenvalue weighted by atomic mass is 16.6. The van der Waals surface area contributed by atoms with Crippen LogP contribution >= 0.6 is 0 Å². The van der Waals surface area contributed by atoms with Crippen LogP contribution in [0, 0.1) is 10.1 Å². The second-order valence-electron chi connectivity index (χ2n) is 7.65. The molecule has 34 heavy (non-hydrogen) atoms. The molecule has 2 amide bonds. The van der Waals surface area contributed by atoms with Crippen molar-refractivity contribution in [3.8, 4) is 0 Å². The lowest BCUT2D eigenvalue weighted by molar-refractivity contribution is -0.384. The number of para-hydroxylation sites is 1. The van der Waals surface area contributed by atoms with E-state index in [1.165, 1.54) is 12.1 Å². The van der Waals surface area contributed by atoms with Crippen molar-refractivity contribution >= 4 is 34.1 Å². The molecule has 0 saturated heterocycles. The Kier molecular flexibility index (Phi) is 6.49. The van der Waals surface area contributed by atoms with Gasteiger partial charge in [0, 0.05) is 34.9 Å². The summed E-state index contributed by atoms with van der Waals surface area (Å²) in [5, 5.41) is 15.6. The summed E-state index contributed by atoms with van der Waals surface area (Å²) in [6.07, 6.45) is 3.44. The number of hydrogen-bond acceptors (Lipinski definition) is 6. The van der Waals surface area contributed by atoms with Gasteiger partial charge in [0.15, 0.2) is 0 Å². The van der Waals surface area contributed by atoms with E-state index in [0.29, 0.717) is 0 Å². The number of nitrogens with one attached hydrogen (secondary N) is 4. The molecule has 0 fully saturated rings.